The molecule has 4 fully saturated rings. The van der Waals surface area contributed by atoms with E-state index in [0.29, 0.717) is 63.9 Å². The predicted octanol–water partition coefficient (Wildman–Crippen LogP) is 6.00. The Bertz CT molecular complexity index is 2630. The van der Waals surface area contributed by atoms with Crippen LogP contribution in [0.3, 0.4) is 0 Å². The maximum absolute atomic E-state index is 14.6. The monoisotopic (exact) mass is 874 g/mol. The van der Waals surface area contributed by atoms with E-state index in [9.17, 15) is 24.3 Å². The fraction of sp³-hybridized carbons (Fsp3) is 0.489. The fourth-order valence-electron chi connectivity index (χ4n) is 10.6. The summed E-state index contributed by atoms with van der Waals surface area (Å²) in [4.78, 5) is 73.0. The number of carboxylic acid groups (broad SMARTS) is 1. The summed E-state index contributed by atoms with van der Waals surface area (Å²) < 4.78 is 22.8. The van der Waals surface area contributed by atoms with E-state index < -0.39 is 36.1 Å². The van der Waals surface area contributed by atoms with Crippen LogP contribution in [0, 0.1) is 11.8 Å². The number of fused-ring (bicyclic) bond motifs is 6. The highest BCUT2D eigenvalue weighted by Gasteiger charge is 2.53. The second kappa shape index (κ2) is 16.8. The number of H-pyrrole nitrogens is 2. The van der Waals surface area contributed by atoms with Crippen LogP contribution in [-0.4, -0.2) is 123 Å². The second-order valence-electron chi connectivity index (χ2n) is 18.1. The van der Waals surface area contributed by atoms with Crippen LogP contribution < -0.4 is 10.6 Å². The van der Waals surface area contributed by atoms with Crippen molar-refractivity contribution in [3.8, 4) is 22.4 Å². The molecule has 17 heteroatoms. The molecule has 2 aromatic heterocycles. The van der Waals surface area contributed by atoms with Crippen LogP contribution in [0.1, 0.15) is 80.9 Å². The van der Waals surface area contributed by atoms with E-state index in [1.165, 1.54) is 12.7 Å². The number of benzene rings is 3. The molecule has 10 rings (SSSR count). The number of nitrogens with one attached hydrogen (secondary N) is 4. The minimum atomic E-state index is -1.21. The van der Waals surface area contributed by atoms with Gasteiger partial charge in [-0.25, -0.2) is 19.6 Å². The van der Waals surface area contributed by atoms with Crippen LogP contribution in [0.25, 0.3) is 44.2 Å². The zero-order valence-electron chi connectivity index (χ0n) is 36.3. The van der Waals surface area contributed by atoms with Gasteiger partial charge in [-0.15, -0.1) is 0 Å². The molecule has 5 aromatic rings. The summed E-state index contributed by atoms with van der Waals surface area (Å²) in [7, 11) is 1.30. The first-order valence-corrected chi connectivity index (χ1v) is 22.4. The number of alkyl carbamates (subject to hydrolysis) is 1. The van der Waals surface area contributed by atoms with Crippen molar-refractivity contribution in [2.75, 3.05) is 46.6 Å². The molecule has 1 aliphatic carbocycles. The number of aryl methyl sites for hydroxylation is 2. The average molecular weight is 875 g/mol. The second-order valence-corrected chi connectivity index (χ2v) is 18.1. The number of ether oxygens (including phenoxy) is 4. The lowest BCUT2D eigenvalue weighted by Crippen LogP contribution is -2.54. The van der Waals surface area contributed by atoms with E-state index in [4.69, 9.17) is 28.9 Å². The quantitative estimate of drug-likeness (QED) is 0.116. The van der Waals surface area contributed by atoms with Crippen molar-refractivity contribution in [2.45, 2.75) is 88.7 Å². The molecular formula is C47H54N8O9. The van der Waals surface area contributed by atoms with Crippen LogP contribution in [0.4, 0.5) is 9.59 Å². The van der Waals surface area contributed by atoms with E-state index >= 15 is 0 Å². The minimum Gasteiger partial charge on any atom is -0.465 e. The van der Waals surface area contributed by atoms with Gasteiger partial charge in [-0.05, 0) is 84.6 Å². The maximum atomic E-state index is 14.6. The third kappa shape index (κ3) is 7.62. The Labute approximate surface area is 369 Å². The third-order valence-electron chi connectivity index (χ3n) is 13.9. The van der Waals surface area contributed by atoms with E-state index in [-0.39, 0.29) is 36.2 Å². The van der Waals surface area contributed by atoms with E-state index in [0.717, 1.165) is 75.6 Å². The van der Waals surface area contributed by atoms with Gasteiger partial charge in [0.05, 0.1) is 61.4 Å². The summed E-state index contributed by atoms with van der Waals surface area (Å²) in [6.45, 7) is 6.35. The van der Waals surface area contributed by atoms with Crippen LogP contribution in [0.15, 0.2) is 48.5 Å². The highest BCUT2D eigenvalue weighted by atomic mass is 16.7. The number of hydrogen-bond donors (Lipinski definition) is 5. The number of aromatic nitrogens is 4. The van der Waals surface area contributed by atoms with Crippen molar-refractivity contribution < 1.29 is 43.2 Å². The SMILES string of the molecule is COC(=O)N[C@H](C(=O)N1CC2(C[C@H]1c1nc3c([nH]1)-c1ccc(-c4ccc5c(ccc6nc([C@@H]7CCCN7C(=O)[C@@H](NC(=O)O)C(C)C)[nH]c65)c4)cc1CC3)OCCO2)C1CCOCC1. The molecule has 0 saturated carbocycles. The molecule has 4 saturated heterocycles. The highest BCUT2D eigenvalue weighted by molar-refractivity contribution is 6.05. The molecule has 6 heterocycles. The van der Waals surface area contributed by atoms with Gasteiger partial charge in [0.15, 0.2) is 5.79 Å². The molecule has 17 nitrogen and oxygen atoms in total. The number of amides is 4. The van der Waals surface area contributed by atoms with Gasteiger partial charge >= 0.3 is 12.2 Å². The number of carbonyl (C=O) groups excluding carboxylic acids is 3. The van der Waals surface area contributed by atoms with Crippen molar-refractivity contribution in [3.05, 3.63) is 71.4 Å². The molecule has 336 valence electrons. The summed E-state index contributed by atoms with van der Waals surface area (Å²) in [6, 6.07) is 14.7. The number of carbonyl (C=O) groups is 4. The number of rotatable bonds is 9. The smallest absolute Gasteiger partial charge is 0.407 e. The Kier molecular flexibility index (Phi) is 11.0. The van der Waals surface area contributed by atoms with E-state index in [2.05, 4.69) is 63.1 Å². The summed E-state index contributed by atoms with van der Waals surface area (Å²) in [5, 5.41) is 16.7. The molecule has 4 aliphatic heterocycles. The number of methoxy groups -OCH3 is 1. The molecule has 5 N–H and O–H groups in total. The number of imidazole rings is 2. The topological polar surface area (TPSA) is 213 Å². The Morgan fingerprint density at radius 1 is 0.859 bits per heavy atom. The maximum Gasteiger partial charge on any atom is 0.407 e. The van der Waals surface area contributed by atoms with Gasteiger partial charge in [-0.3, -0.25) is 9.59 Å². The molecule has 4 atom stereocenters. The van der Waals surface area contributed by atoms with Gasteiger partial charge in [0, 0.05) is 37.1 Å². The number of nitrogens with zero attached hydrogens (tertiary/aromatic N) is 4. The molecular weight excluding hydrogens is 821 g/mol. The van der Waals surface area contributed by atoms with Crippen molar-refractivity contribution in [3.63, 3.8) is 0 Å². The Morgan fingerprint density at radius 3 is 2.39 bits per heavy atom. The molecule has 5 aliphatic rings. The zero-order valence-corrected chi connectivity index (χ0v) is 36.3. The third-order valence-corrected chi connectivity index (χ3v) is 13.9. The first-order chi connectivity index (χ1) is 31.0. The van der Waals surface area contributed by atoms with Crippen molar-refractivity contribution in [1.29, 1.82) is 0 Å². The molecule has 3 aromatic carbocycles. The van der Waals surface area contributed by atoms with Crippen LogP contribution in [-0.2, 0) is 41.4 Å². The van der Waals surface area contributed by atoms with Crippen molar-refractivity contribution in [1.82, 2.24) is 40.4 Å². The van der Waals surface area contributed by atoms with Gasteiger partial charge in [0.1, 0.15) is 23.7 Å². The van der Waals surface area contributed by atoms with E-state index in [1.807, 2.05) is 19.9 Å². The highest BCUT2D eigenvalue weighted by Crippen LogP contribution is 2.45. The number of aromatic amines is 2. The number of hydrogen-bond acceptors (Lipinski definition) is 10. The molecule has 0 radical (unpaired) electrons. The Hall–Kier alpha value is -6.04. The van der Waals surface area contributed by atoms with Crippen molar-refractivity contribution >= 4 is 45.8 Å². The first kappa shape index (κ1) is 41.9. The summed E-state index contributed by atoms with van der Waals surface area (Å²) >= 11 is 0. The Morgan fingerprint density at radius 2 is 1.62 bits per heavy atom. The van der Waals surface area contributed by atoms with Crippen molar-refractivity contribution in [2.24, 2.45) is 11.8 Å². The normalized spacial score (nSPS) is 21.6. The lowest BCUT2D eigenvalue weighted by atomic mass is 9.89. The summed E-state index contributed by atoms with van der Waals surface area (Å²) in [5.41, 5.74) is 8.02. The van der Waals surface area contributed by atoms with Gasteiger partial charge in [0.2, 0.25) is 11.8 Å². The minimum absolute atomic E-state index is 0.114. The summed E-state index contributed by atoms with van der Waals surface area (Å²) in [6.07, 6.45) is 2.89. The van der Waals surface area contributed by atoms with Crippen LogP contribution in [0.2, 0.25) is 0 Å². The van der Waals surface area contributed by atoms with Crippen LogP contribution >= 0.6 is 0 Å². The van der Waals surface area contributed by atoms with Gasteiger partial charge in [-0.2, -0.15) is 0 Å². The van der Waals surface area contributed by atoms with Gasteiger partial charge < -0.3 is 54.5 Å². The lowest BCUT2D eigenvalue weighted by Gasteiger charge is -2.34. The summed E-state index contributed by atoms with van der Waals surface area (Å²) in [5.74, 6) is -0.349. The fourth-order valence-corrected chi connectivity index (χ4v) is 10.6. The average Bonchev–Trinajstić information content (AvgIpc) is 4.17. The van der Waals surface area contributed by atoms with E-state index in [1.54, 1.807) is 9.80 Å². The Balaban J connectivity index is 0.908. The first-order valence-electron chi connectivity index (χ1n) is 22.4. The molecule has 64 heavy (non-hydrogen) atoms. The molecule has 0 unspecified atom stereocenters. The van der Waals surface area contributed by atoms with Crippen LogP contribution in [0.5, 0.6) is 0 Å². The van der Waals surface area contributed by atoms with Gasteiger partial charge in [-0.1, -0.05) is 50.2 Å². The number of likely N-dealkylation sites (tertiary alicyclic amines) is 2. The molecule has 1 spiro atoms. The lowest BCUT2D eigenvalue weighted by molar-refractivity contribution is -0.154. The predicted molar refractivity (Wildman–Crippen MR) is 234 cm³/mol. The largest absolute Gasteiger partial charge is 0.465 e. The molecule has 0 bridgehead atoms. The molecule has 4 amide bonds. The van der Waals surface area contributed by atoms with Gasteiger partial charge in [0.25, 0.3) is 0 Å². The standard InChI is InChI=1S/C47H54N8O9/c1-25(2)37(52-45(58)59)43(56)54-16-4-5-35(54)41-48-33-12-8-29-21-27(6-10-31(29)39(33)50-41)28-7-11-32-30(22-28)9-13-34-40(32)51-42(49-34)36-23-47(63-19-20-64-47)24-55(36)44(57)38(53-46(60)61-3)26-14-17-62-18-15-26/h6-8,10-12,21-22,25-26,35-38,52H,4-5,9,13-20,23-24H2,1-3H3,(H,48,50)(H,49,51)(H,53,60)(H,58,59)/t35-,36-,37-,38-/m0/s1. The zero-order chi connectivity index (χ0) is 44.3.